The van der Waals surface area contributed by atoms with E-state index in [-0.39, 0.29) is 17.2 Å². The van der Waals surface area contributed by atoms with Crippen LogP contribution in [0, 0.1) is 11.3 Å². The molecule has 0 aromatic carbocycles. The Labute approximate surface area is 134 Å². The molecule has 2 unspecified atom stereocenters. The van der Waals surface area contributed by atoms with Gasteiger partial charge in [-0.2, -0.15) is 0 Å². The predicted octanol–water partition coefficient (Wildman–Crippen LogP) is 2.13. The molecule has 1 rings (SSSR count). The number of hydrogen-bond donors (Lipinski definition) is 2. The van der Waals surface area contributed by atoms with Crippen molar-refractivity contribution in [2.24, 2.45) is 16.3 Å². The van der Waals surface area contributed by atoms with Gasteiger partial charge >= 0.3 is 6.09 Å². The summed E-state index contributed by atoms with van der Waals surface area (Å²) in [5.74, 6) is -0.912. The van der Waals surface area contributed by atoms with Crippen molar-refractivity contribution in [1.82, 2.24) is 9.62 Å². The van der Waals surface area contributed by atoms with Crippen LogP contribution in [-0.4, -0.2) is 44.4 Å². The van der Waals surface area contributed by atoms with Crippen molar-refractivity contribution in [2.75, 3.05) is 0 Å². The number of aliphatic imine (C=N–C) groups is 1. The highest BCUT2D eigenvalue weighted by atomic mass is 32.2. The van der Waals surface area contributed by atoms with Crippen LogP contribution in [0.2, 0.25) is 0 Å². The van der Waals surface area contributed by atoms with E-state index >= 15 is 0 Å². The molecule has 0 fully saturated rings. The minimum Gasteiger partial charge on any atom is -0.464 e. The first-order valence-electron chi connectivity index (χ1n) is 7.04. The van der Waals surface area contributed by atoms with Gasteiger partial charge in [-0.3, -0.25) is 9.59 Å². The molecular formula is C14H23N3O4S. The molecule has 7 nitrogen and oxygen atoms in total. The van der Waals surface area contributed by atoms with E-state index in [1.165, 1.54) is 6.92 Å². The number of nitrogens with zero attached hydrogens (tertiary/aromatic N) is 2. The van der Waals surface area contributed by atoms with Gasteiger partial charge in [0.05, 0.1) is 11.1 Å². The van der Waals surface area contributed by atoms with Crippen molar-refractivity contribution in [3.05, 3.63) is 0 Å². The van der Waals surface area contributed by atoms with E-state index in [1.54, 1.807) is 13.8 Å². The highest BCUT2D eigenvalue weighted by Gasteiger charge is 2.43. The highest BCUT2D eigenvalue weighted by molar-refractivity contribution is 8.12. The number of rotatable bonds is 4. The van der Waals surface area contributed by atoms with Gasteiger partial charge in [-0.25, -0.2) is 14.1 Å². The van der Waals surface area contributed by atoms with E-state index in [0.29, 0.717) is 5.04 Å². The van der Waals surface area contributed by atoms with Crippen molar-refractivity contribution >= 4 is 34.8 Å². The van der Waals surface area contributed by atoms with Crippen molar-refractivity contribution in [3.8, 4) is 0 Å². The molecular weight excluding hydrogens is 306 g/mol. The predicted molar refractivity (Wildman–Crippen MR) is 85.6 cm³/mol. The second-order valence-corrected chi connectivity index (χ2v) is 7.54. The van der Waals surface area contributed by atoms with Crippen molar-refractivity contribution in [3.63, 3.8) is 0 Å². The maximum atomic E-state index is 12.7. The van der Waals surface area contributed by atoms with Gasteiger partial charge in [0, 0.05) is 24.3 Å². The van der Waals surface area contributed by atoms with E-state index in [1.807, 2.05) is 20.8 Å². The third kappa shape index (κ3) is 4.22. The van der Waals surface area contributed by atoms with Gasteiger partial charge in [0.25, 0.3) is 0 Å². The van der Waals surface area contributed by atoms with E-state index in [4.69, 9.17) is 0 Å². The molecule has 124 valence electrons. The Hall–Kier alpha value is -1.57. The summed E-state index contributed by atoms with van der Waals surface area (Å²) in [7, 11) is 0. The third-order valence-corrected chi connectivity index (χ3v) is 4.51. The second-order valence-electron chi connectivity index (χ2n) is 6.58. The van der Waals surface area contributed by atoms with Crippen molar-refractivity contribution in [1.29, 1.82) is 0 Å². The summed E-state index contributed by atoms with van der Waals surface area (Å²) in [5, 5.41) is 12.5. The molecule has 0 aliphatic carbocycles. The molecule has 0 aromatic rings. The van der Waals surface area contributed by atoms with E-state index in [0.717, 1.165) is 16.3 Å². The normalized spacial score (nSPS) is 19.9. The summed E-state index contributed by atoms with van der Waals surface area (Å²) in [6.45, 7) is 10.6. The minimum absolute atomic E-state index is 0.161. The topological polar surface area (TPSA) is 99.1 Å². The molecule has 2 amide bonds. The van der Waals surface area contributed by atoms with Crippen LogP contribution in [0.4, 0.5) is 4.79 Å². The maximum absolute atomic E-state index is 12.7. The van der Waals surface area contributed by atoms with Gasteiger partial charge in [0.1, 0.15) is 0 Å². The molecule has 2 N–H and O–H groups in total. The summed E-state index contributed by atoms with van der Waals surface area (Å²) in [4.78, 5) is 39.6. The molecule has 2 atom stereocenters. The molecule has 0 saturated carbocycles. The Bertz CT molecular complexity index is 511. The number of carbonyl (C=O) groups excluding carboxylic acids is 2. The Morgan fingerprint density at radius 3 is 2.23 bits per heavy atom. The van der Waals surface area contributed by atoms with Crippen LogP contribution in [0.1, 0.15) is 41.5 Å². The smallest absolute Gasteiger partial charge is 0.420 e. The molecule has 1 heterocycles. The van der Waals surface area contributed by atoms with E-state index < -0.39 is 24.1 Å². The van der Waals surface area contributed by atoms with Crippen LogP contribution < -0.4 is 5.32 Å². The van der Waals surface area contributed by atoms with Crippen LogP contribution >= 0.6 is 11.9 Å². The average Bonchev–Trinajstić information content (AvgIpc) is 2.79. The van der Waals surface area contributed by atoms with Gasteiger partial charge in [-0.1, -0.05) is 34.6 Å². The van der Waals surface area contributed by atoms with Crippen LogP contribution in [0.3, 0.4) is 0 Å². The largest absolute Gasteiger partial charge is 0.464 e. The van der Waals surface area contributed by atoms with Crippen LogP contribution in [0.5, 0.6) is 0 Å². The third-order valence-electron chi connectivity index (χ3n) is 3.06. The zero-order chi connectivity index (χ0) is 17.2. The molecule has 0 radical (unpaired) electrons. The standard InChI is InChI=1S/C14H23N3O4S/c1-7(2)9(15-8(3)18)10(19)11-16-12(14(4,5)6)22-17(11)13(20)21/h7,9,11H,1-6H3,(H,15,18)(H,20,21). The molecule has 1 aliphatic rings. The maximum Gasteiger partial charge on any atom is 0.420 e. The van der Waals surface area contributed by atoms with Gasteiger partial charge in [0.2, 0.25) is 11.7 Å². The fourth-order valence-electron chi connectivity index (χ4n) is 1.93. The number of hydrogen-bond acceptors (Lipinski definition) is 5. The van der Waals surface area contributed by atoms with Gasteiger partial charge in [-0.15, -0.1) is 0 Å². The lowest BCUT2D eigenvalue weighted by Crippen LogP contribution is -2.50. The quantitative estimate of drug-likeness (QED) is 0.770. The number of carboxylic acid groups (broad SMARTS) is 1. The summed E-state index contributed by atoms with van der Waals surface area (Å²) >= 11 is 0.960. The Balaban J connectivity index is 3.12. The summed E-state index contributed by atoms with van der Waals surface area (Å²) in [5.41, 5.74) is -0.352. The zero-order valence-corrected chi connectivity index (χ0v) is 14.5. The summed E-state index contributed by atoms with van der Waals surface area (Å²) < 4.78 is 0.945. The molecule has 1 aliphatic heterocycles. The molecule has 0 aromatic heterocycles. The van der Waals surface area contributed by atoms with Crippen molar-refractivity contribution < 1.29 is 19.5 Å². The Kier molecular flexibility index (Phi) is 5.61. The molecule has 8 heteroatoms. The Morgan fingerprint density at radius 2 is 1.86 bits per heavy atom. The van der Waals surface area contributed by atoms with Gasteiger partial charge in [-0.05, 0) is 5.92 Å². The lowest BCUT2D eigenvalue weighted by Gasteiger charge is -2.25. The summed E-state index contributed by atoms with van der Waals surface area (Å²) in [6.07, 6.45) is -2.35. The number of carbonyl (C=O) groups is 3. The van der Waals surface area contributed by atoms with Gasteiger partial charge in [0.15, 0.2) is 6.17 Å². The monoisotopic (exact) mass is 329 g/mol. The lowest BCUT2D eigenvalue weighted by atomic mass is 9.96. The highest BCUT2D eigenvalue weighted by Crippen LogP contribution is 2.36. The number of amides is 2. The number of nitrogens with one attached hydrogen (secondary N) is 1. The average molecular weight is 329 g/mol. The SMILES string of the molecule is CC(=O)NC(C(=O)C1N=C(C(C)(C)C)SN1C(=O)O)C(C)C. The number of Topliss-reactive ketones (excluding diaryl/α,β-unsaturated/α-hetero) is 1. The van der Waals surface area contributed by atoms with Crippen LogP contribution in [0.15, 0.2) is 4.99 Å². The molecule has 0 saturated heterocycles. The first kappa shape index (κ1) is 18.5. The van der Waals surface area contributed by atoms with Gasteiger partial charge < -0.3 is 10.4 Å². The fourth-order valence-corrected chi connectivity index (χ4v) is 2.87. The summed E-state index contributed by atoms with van der Waals surface area (Å²) in [6, 6.07) is -0.770. The van der Waals surface area contributed by atoms with E-state index in [2.05, 4.69) is 10.3 Å². The molecule has 22 heavy (non-hydrogen) atoms. The van der Waals surface area contributed by atoms with Crippen LogP contribution in [-0.2, 0) is 9.59 Å². The molecule has 0 spiro atoms. The van der Waals surface area contributed by atoms with Crippen LogP contribution in [0.25, 0.3) is 0 Å². The number of ketones is 1. The minimum atomic E-state index is -1.23. The molecule has 0 bridgehead atoms. The van der Waals surface area contributed by atoms with E-state index in [9.17, 15) is 19.5 Å². The zero-order valence-electron chi connectivity index (χ0n) is 13.7. The fraction of sp³-hybridized carbons (Fsp3) is 0.714. The first-order chi connectivity index (χ1) is 9.95. The lowest BCUT2D eigenvalue weighted by molar-refractivity contribution is -0.129. The second kappa shape index (κ2) is 6.68. The van der Waals surface area contributed by atoms with Crippen molar-refractivity contribution in [2.45, 2.75) is 53.8 Å². The Morgan fingerprint density at radius 1 is 1.32 bits per heavy atom. The first-order valence-corrected chi connectivity index (χ1v) is 7.81.